The summed E-state index contributed by atoms with van der Waals surface area (Å²) in [5.74, 6) is 1.48. The van der Waals surface area contributed by atoms with Crippen LogP contribution in [-0.4, -0.2) is 19.0 Å². The van der Waals surface area contributed by atoms with E-state index in [9.17, 15) is 4.79 Å². The van der Waals surface area contributed by atoms with Crippen LogP contribution in [0, 0.1) is 17.3 Å². The molecule has 1 amide bonds. The fourth-order valence-electron chi connectivity index (χ4n) is 2.51. The number of unbranched alkanes of at least 4 members (excludes halogenated alkanes) is 1. The first-order valence-electron chi connectivity index (χ1n) is 8.24. The lowest BCUT2D eigenvalue weighted by atomic mass is 9.76. The molecule has 0 aliphatic heterocycles. The van der Waals surface area contributed by atoms with E-state index in [1.54, 1.807) is 0 Å². The van der Waals surface area contributed by atoms with Gasteiger partial charge in [0.1, 0.15) is 0 Å². The van der Waals surface area contributed by atoms with Crippen molar-refractivity contribution in [2.75, 3.05) is 13.1 Å². The quantitative estimate of drug-likeness (QED) is 0.601. The molecule has 0 fully saturated rings. The molecule has 120 valence electrons. The van der Waals surface area contributed by atoms with Crippen molar-refractivity contribution in [3.63, 3.8) is 0 Å². The number of rotatable bonds is 10. The zero-order chi connectivity index (χ0) is 15.6. The Morgan fingerprint density at radius 1 is 1.10 bits per heavy atom. The van der Waals surface area contributed by atoms with Gasteiger partial charge in [-0.25, -0.2) is 0 Å². The van der Waals surface area contributed by atoms with Gasteiger partial charge in [-0.3, -0.25) is 4.79 Å². The summed E-state index contributed by atoms with van der Waals surface area (Å²) in [6.45, 7) is 12.7. The molecule has 0 spiro atoms. The first kappa shape index (κ1) is 19.4. The predicted octanol–water partition coefficient (Wildman–Crippen LogP) is 3.72. The molecule has 1 unspecified atom stereocenters. The van der Waals surface area contributed by atoms with Gasteiger partial charge in [-0.15, -0.1) is 0 Å². The fraction of sp³-hybridized carbons (Fsp3) is 0.941. The van der Waals surface area contributed by atoms with Gasteiger partial charge in [-0.05, 0) is 43.1 Å². The monoisotopic (exact) mass is 284 g/mol. The number of amides is 1. The average molecular weight is 284 g/mol. The molecule has 3 nitrogen and oxygen atoms in total. The zero-order valence-electron chi connectivity index (χ0n) is 14.3. The van der Waals surface area contributed by atoms with Crippen LogP contribution < -0.4 is 11.1 Å². The molecule has 3 heteroatoms. The summed E-state index contributed by atoms with van der Waals surface area (Å²) in [6.07, 6.45) is 6.12. The van der Waals surface area contributed by atoms with Crippen LogP contribution >= 0.6 is 0 Å². The van der Waals surface area contributed by atoms with E-state index in [0.29, 0.717) is 18.9 Å². The largest absolute Gasteiger partial charge is 0.356 e. The molecular formula is C17H36N2O. The average Bonchev–Trinajstić information content (AvgIpc) is 2.32. The van der Waals surface area contributed by atoms with E-state index in [-0.39, 0.29) is 11.3 Å². The van der Waals surface area contributed by atoms with E-state index >= 15 is 0 Å². The van der Waals surface area contributed by atoms with Crippen molar-refractivity contribution in [3.8, 4) is 0 Å². The number of carbonyl (C=O) groups is 1. The summed E-state index contributed by atoms with van der Waals surface area (Å²) in [7, 11) is 0. The Balaban J connectivity index is 3.80. The highest BCUT2D eigenvalue weighted by Crippen LogP contribution is 2.31. The molecular weight excluding hydrogens is 248 g/mol. The number of nitrogens with one attached hydrogen (secondary N) is 1. The fourth-order valence-corrected chi connectivity index (χ4v) is 2.51. The SMILES string of the molecule is CC(C)CCCCNC(=O)CCC(CCN)C(C)(C)C. The van der Waals surface area contributed by atoms with Gasteiger partial charge in [0, 0.05) is 13.0 Å². The van der Waals surface area contributed by atoms with E-state index in [1.165, 1.54) is 12.8 Å². The second-order valence-corrected chi connectivity index (χ2v) is 7.42. The molecule has 0 radical (unpaired) electrons. The van der Waals surface area contributed by atoms with E-state index in [2.05, 4.69) is 39.9 Å². The van der Waals surface area contributed by atoms with Crippen molar-refractivity contribution in [3.05, 3.63) is 0 Å². The maximum absolute atomic E-state index is 11.8. The van der Waals surface area contributed by atoms with Crippen molar-refractivity contribution in [2.24, 2.45) is 23.0 Å². The highest BCUT2D eigenvalue weighted by Gasteiger charge is 2.24. The maximum atomic E-state index is 11.8. The molecule has 0 saturated carbocycles. The molecule has 1 atom stereocenters. The van der Waals surface area contributed by atoms with Crippen LogP contribution in [0.25, 0.3) is 0 Å². The Labute approximate surface area is 126 Å². The maximum Gasteiger partial charge on any atom is 0.220 e. The summed E-state index contributed by atoms with van der Waals surface area (Å²) in [5, 5.41) is 3.04. The number of carbonyl (C=O) groups excluding carboxylic acids is 1. The van der Waals surface area contributed by atoms with Gasteiger partial charge in [0.25, 0.3) is 0 Å². The van der Waals surface area contributed by atoms with Crippen LogP contribution in [-0.2, 0) is 4.79 Å². The van der Waals surface area contributed by atoms with E-state index in [1.807, 2.05) is 0 Å². The Morgan fingerprint density at radius 2 is 1.75 bits per heavy atom. The third-order valence-electron chi connectivity index (χ3n) is 3.99. The van der Waals surface area contributed by atoms with E-state index in [0.717, 1.165) is 31.7 Å². The molecule has 0 heterocycles. The summed E-state index contributed by atoms with van der Waals surface area (Å²) in [4.78, 5) is 11.8. The normalized spacial score (nSPS) is 13.6. The molecule has 0 bridgehead atoms. The molecule has 3 N–H and O–H groups in total. The number of nitrogens with two attached hydrogens (primary N) is 1. The van der Waals surface area contributed by atoms with Gasteiger partial charge in [-0.2, -0.15) is 0 Å². The van der Waals surface area contributed by atoms with Gasteiger partial charge in [0.05, 0.1) is 0 Å². The number of hydrogen-bond donors (Lipinski definition) is 2. The van der Waals surface area contributed by atoms with Gasteiger partial charge in [-0.1, -0.05) is 47.5 Å². The van der Waals surface area contributed by atoms with Crippen LogP contribution in [0.3, 0.4) is 0 Å². The highest BCUT2D eigenvalue weighted by molar-refractivity contribution is 5.75. The Morgan fingerprint density at radius 3 is 2.25 bits per heavy atom. The molecule has 0 aromatic carbocycles. The first-order valence-corrected chi connectivity index (χ1v) is 8.24. The van der Waals surface area contributed by atoms with E-state index < -0.39 is 0 Å². The Bertz CT molecular complexity index is 256. The summed E-state index contributed by atoms with van der Waals surface area (Å²) in [6, 6.07) is 0. The minimum Gasteiger partial charge on any atom is -0.356 e. The number of hydrogen-bond acceptors (Lipinski definition) is 2. The molecule has 0 aromatic rings. The topological polar surface area (TPSA) is 55.1 Å². The van der Waals surface area contributed by atoms with Crippen molar-refractivity contribution in [1.82, 2.24) is 5.32 Å². The Hall–Kier alpha value is -0.570. The van der Waals surface area contributed by atoms with E-state index in [4.69, 9.17) is 5.73 Å². The Kier molecular flexibility index (Phi) is 9.91. The van der Waals surface area contributed by atoms with Crippen molar-refractivity contribution in [2.45, 2.75) is 73.1 Å². The van der Waals surface area contributed by atoms with Gasteiger partial charge < -0.3 is 11.1 Å². The lowest BCUT2D eigenvalue weighted by molar-refractivity contribution is -0.121. The molecule has 0 aromatic heterocycles. The second kappa shape index (κ2) is 10.2. The lowest BCUT2D eigenvalue weighted by Gasteiger charge is -2.30. The van der Waals surface area contributed by atoms with Crippen molar-refractivity contribution >= 4 is 5.91 Å². The third kappa shape index (κ3) is 10.2. The summed E-state index contributed by atoms with van der Waals surface area (Å²) < 4.78 is 0. The molecule has 0 rings (SSSR count). The lowest BCUT2D eigenvalue weighted by Crippen LogP contribution is -2.28. The highest BCUT2D eigenvalue weighted by atomic mass is 16.1. The van der Waals surface area contributed by atoms with Crippen molar-refractivity contribution < 1.29 is 4.79 Å². The zero-order valence-corrected chi connectivity index (χ0v) is 14.3. The minimum atomic E-state index is 0.195. The minimum absolute atomic E-state index is 0.195. The van der Waals surface area contributed by atoms with Crippen LogP contribution in [0.4, 0.5) is 0 Å². The smallest absolute Gasteiger partial charge is 0.220 e. The molecule has 0 aliphatic rings. The molecule has 20 heavy (non-hydrogen) atoms. The van der Waals surface area contributed by atoms with Gasteiger partial charge >= 0.3 is 0 Å². The third-order valence-corrected chi connectivity index (χ3v) is 3.99. The summed E-state index contributed by atoms with van der Waals surface area (Å²) in [5.41, 5.74) is 5.90. The van der Waals surface area contributed by atoms with Crippen LogP contribution in [0.1, 0.15) is 73.1 Å². The van der Waals surface area contributed by atoms with Crippen LogP contribution in [0.5, 0.6) is 0 Å². The van der Waals surface area contributed by atoms with Crippen LogP contribution in [0.15, 0.2) is 0 Å². The molecule has 0 saturated heterocycles. The predicted molar refractivity (Wildman–Crippen MR) is 87.5 cm³/mol. The van der Waals surface area contributed by atoms with Gasteiger partial charge in [0.2, 0.25) is 5.91 Å². The van der Waals surface area contributed by atoms with Crippen LogP contribution in [0.2, 0.25) is 0 Å². The second-order valence-electron chi connectivity index (χ2n) is 7.42. The van der Waals surface area contributed by atoms with Gasteiger partial charge in [0.15, 0.2) is 0 Å². The standard InChI is InChI=1S/C17H36N2O/c1-14(2)8-6-7-13-19-16(20)10-9-15(11-12-18)17(3,4)5/h14-15H,6-13,18H2,1-5H3,(H,19,20). The summed E-state index contributed by atoms with van der Waals surface area (Å²) >= 11 is 0. The molecule has 0 aliphatic carbocycles. The first-order chi connectivity index (χ1) is 9.27. The van der Waals surface area contributed by atoms with Crippen molar-refractivity contribution in [1.29, 1.82) is 0 Å².